The molecule has 7 heteroatoms. The van der Waals surface area contributed by atoms with Crippen LogP contribution in [0.15, 0.2) is 9.59 Å². The van der Waals surface area contributed by atoms with E-state index in [1.165, 1.54) is 16.4 Å². The summed E-state index contributed by atoms with van der Waals surface area (Å²) in [6.45, 7) is 6.07. The van der Waals surface area contributed by atoms with Crippen LogP contribution in [0.2, 0.25) is 0 Å². The van der Waals surface area contributed by atoms with Gasteiger partial charge >= 0.3 is 5.69 Å². The first-order chi connectivity index (χ1) is 9.43. The maximum absolute atomic E-state index is 12.0. The second-order valence-corrected chi connectivity index (χ2v) is 4.67. The van der Waals surface area contributed by atoms with E-state index in [1.54, 1.807) is 0 Å². The molecule has 20 heavy (non-hydrogen) atoms. The number of H-pyrrole nitrogens is 1. The SMILES string of the molecule is CCCCN(C(C)=O)c1c(N)n(CCC)c(=O)[nH]c1=O. The van der Waals surface area contributed by atoms with E-state index in [0.717, 1.165) is 12.8 Å². The van der Waals surface area contributed by atoms with Crippen LogP contribution >= 0.6 is 0 Å². The van der Waals surface area contributed by atoms with Gasteiger partial charge < -0.3 is 10.6 Å². The highest BCUT2D eigenvalue weighted by molar-refractivity contribution is 5.93. The summed E-state index contributed by atoms with van der Waals surface area (Å²) < 4.78 is 1.29. The quantitative estimate of drug-likeness (QED) is 0.801. The molecule has 0 aliphatic carbocycles. The summed E-state index contributed by atoms with van der Waals surface area (Å²) in [5, 5.41) is 0. The van der Waals surface area contributed by atoms with E-state index < -0.39 is 11.2 Å². The Labute approximate surface area is 117 Å². The summed E-state index contributed by atoms with van der Waals surface area (Å²) >= 11 is 0. The summed E-state index contributed by atoms with van der Waals surface area (Å²) in [7, 11) is 0. The summed E-state index contributed by atoms with van der Waals surface area (Å²) in [6.07, 6.45) is 2.34. The molecule has 1 heterocycles. The summed E-state index contributed by atoms with van der Waals surface area (Å²) in [5.74, 6) is -0.218. The normalized spacial score (nSPS) is 10.6. The number of hydrogen-bond acceptors (Lipinski definition) is 4. The lowest BCUT2D eigenvalue weighted by atomic mass is 10.3. The van der Waals surface area contributed by atoms with Gasteiger partial charge in [0.15, 0.2) is 5.69 Å². The number of nitrogens with one attached hydrogen (secondary N) is 1. The van der Waals surface area contributed by atoms with E-state index in [2.05, 4.69) is 4.98 Å². The van der Waals surface area contributed by atoms with Crippen molar-refractivity contribution in [1.82, 2.24) is 9.55 Å². The van der Waals surface area contributed by atoms with Gasteiger partial charge in [-0.3, -0.25) is 19.1 Å². The van der Waals surface area contributed by atoms with Gasteiger partial charge in [0.1, 0.15) is 5.82 Å². The van der Waals surface area contributed by atoms with Crippen LogP contribution in [0.25, 0.3) is 0 Å². The van der Waals surface area contributed by atoms with Crippen LogP contribution in [0.3, 0.4) is 0 Å². The molecule has 0 spiro atoms. The van der Waals surface area contributed by atoms with Gasteiger partial charge in [0, 0.05) is 20.0 Å². The van der Waals surface area contributed by atoms with Crippen LogP contribution in [0.4, 0.5) is 11.5 Å². The van der Waals surface area contributed by atoms with Crippen LogP contribution in [-0.4, -0.2) is 22.0 Å². The molecule has 0 bridgehead atoms. The number of hydrogen-bond donors (Lipinski definition) is 2. The molecule has 1 amide bonds. The fourth-order valence-electron chi connectivity index (χ4n) is 2.03. The minimum Gasteiger partial charge on any atom is -0.383 e. The number of amides is 1. The van der Waals surface area contributed by atoms with Crippen LogP contribution < -0.4 is 21.9 Å². The Hall–Kier alpha value is -2.05. The first kappa shape index (κ1) is 16.0. The smallest absolute Gasteiger partial charge is 0.330 e. The molecular weight excluding hydrogens is 260 g/mol. The molecule has 0 radical (unpaired) electrons. The van der Waals surface area contributed by atoms with Crippen LogP contribution in [0.1, 0.15) is 40.0 Å². The van der Waals surface area contributed by atoms with Crippen LogP contribution in [0.5, 0.6) is 0 Å². The van der Waals surface area contributed by atoms with E-state index in [1.807, 2.05) is 13.8 Å². The molecule has 1 rings (SSSR count). The van der Waals surface area contributed by atoms with Crippen molar-refractivity contribution in [3.63, 3.8) is 0 Å². The molecular formula is C13H22N4O3. The highest BCUT2D eigenvalue weighted by Gasteiger charge is 2.21. The summed E-state index contributed by atoms with van der Waals surface area (Å²) in [4.78, 5) is 39.0. The Morgan fingerprint density at radius 2 is 1.95 bits per heavy atom. The van der Waals surface area contributed by atoms with E-state index in [0.29, 0.717) is 19.5 Å². The second kappa shape index (κ2) is 6.93. The number of rotatable bonds is 6. The Kier molecular flexibility index (Phi) is 5.54. The lowest BCUT2D eigenvalue weighted by Crippen LogP contribution is -2.40. The largest absolute Gasteiger partial charge is 0.383 e. The van der Waals surface area contributed by atoms with Gasteiger partial charge in [0.25, 0.3) is 5.56 Å². The minimum atomic E-state index is -0.619. The van der Waals surface area contributed by atoms with Crippen molar-refractivity contribution in [2.45, 2.75) is 46.6 Å². The van der Waals surface area contributed by atoms with Gasteiger partial charge in [-0.2, -0.15) is 0 Å². The van der Waals surface area contributed by atoms with Gasteiger partial charge in [0.05, 0.1) is 0 Å². The van der Waals surface area contributed by atoms with Crippen LogP contribution in [-0.2, 0) is 11.3 Å². The lowest BCUT2D eigenvalue weighted by molar-refractivity contribution is -0.116. The van der Waals surface area contributed by atoms with Crippen molar-refractivity contribution in [2.24, 2.45) is 0 Å². The molecule has 3 N–H and O–H groups in total. The van der Waals surface area contributed by atoms with Gasteiger partial charge in [-0.05, 0) is 12.8 Å². The highest BCUT2D eigenvalue weighted by Crippen LogP contribution is 2.17. The molecule has 1 aromatic rings. The predicted octanol–water partition coefficient (Wildman–Crippen LogP) is 0.682. The number of carbonyl (C=O) groups is 1. The molecule has 0 atom stereocenters. The molecule has 0 fully saturated rings. The molecule has 0 saturated heterocycles. The minimum absolute atomic E-state index is 0.0481. The molecule has 1 aromatic heterocycles. The third kappa shape index (κ3) is 3.28. The number of nitrogens with zero attached hydrogens (tertiary/aromatic N) is 2. The average Bonchev–Trinajstić information content (AvgIpc) is 2.37. The van der Waals surface area contributed by atoms with Crippen LogP contribution in [0, 0.1) is 0 Å². The number of unbranched alkanes of at least 4 members (excludes halogenated alkanes) is 1. The monoisotopic (exact) mass is 282 g/mol. The number of nitrogens with two attached hydrogens (primary N) is 1. The van der Waals surface area contributed by atoms with Crippen molar-refractivity contribution >= 4 is 17.4 Å². The number of aromatic amines is 1. The number of carbonyl (C=O) groups excluding carboxylic acids is 1. The maximum atomic E-state index is 12.0. The van der Waals surface area contributed by atoms with E-state index in [4.69, 9.17) is 5.73 Å². The van der Waals surface area contributed by atoms with E-state index >= 15 is 0 Å². The van der Waals surface area contributed by atoms with Gasteiger partial charge in [-0.15, -0.1) is 0 Å². The standard InChI is InChI=1S/C13H22N4O3/c1-4-6-8-16(9(3)18)10-11(14)17(7-5-2)13(20)15-12(10)19/h4-8,14H2,1-3H3,(H,15,19,20). The van der Waals surface area contributed by atoms with Crippen molar-refractivity contribution in [1.29, 1.82) is 0 Å². The second-order valence-electron chi connectivity index (χ2n) is 4.67. The molecule has 7 nitrogen and oxygen atoms in total. The average molecular weight is 282 g/mol. The first-order valence-electron chi connectivity index (χ1n) is 6.84. The Morgan fingerprint density at radius 1 is 1.30 bits per heavy atom. The molecule has 0 unspecified atom stereocenters. The number of anilines is 2. The zero-order valence-corrected chi connectivity index (χ0v) is 12.2. The Balaban J connectivity index is 3.41. The maximum Gasteiger partial charge on any atom is 0.330 e. The predicted molar refractivity (Wildman–Crippen MR) is 79.0 cm³/mol. The van der Waals surface area contributed by atoms with Crippen molar-refractivity contribution in [3.8, 4) is 0 Å². The number of nitrogen functional groups attached to an aromatic ring is 1. The Bertz CT molecular complexity index is 588. The Morgan fingerprint density at radius 3 is 2.45 bits per heavy atom. The third-order valence-corrected chi connectivity index (χ3v) is 3.05. The molecule has 0 aliphatic rings. The fraction of sp³-hybridized carbons (Fsp3) is 0.615. The molecule has 0 saturated carbocycles. The molecule has 0 aromatic carbocycles. The number of aromatic nitrogens is 2. The van der Waals surface area contributed by atoms with Gasteiger partial charge in [0.2, 0.25) is 5.91 Å². The topological polar surface area (TPSA) is 101 Å². The highest BCUT2D eigenvalue weighted by atomic mass is 16.2. The zero-order valence-electron chi connectivity index (χ0n) is 12.2. The lowest BCUT2D eigenvalue weighted by Gasteiger charge is -2.22. The zero-order chi connectivity index (χ0) is 15.3. The van der Waals surface area contributed by atoms with Crippen molar-refractivity contribution < 1.29 is 4.79 Å². The summed E-state index contributed by atoms with van der Waals surface area (Å²) in [6, 6.07) is 0. The van der Waals surface area contributed by atoms with Gasteiger partial charge in [-0.25, -0.2) is 4.79 Å². The first-order valence-corrected chi connectivity index (χ1v) is 6.84. The van der Waals surface area contributed by atoms with Gasteiger partial charge in [-0.1, -0.05) is 20.3 Å². The third-order valence-electron chi connectivity index (χ3n) is 3.05. The molecule has 112 valence electrons. The van der Waals surface area contributed by atoms with E-state index in [9.17, 15) is 14.4 Å². The van der Waals surface area contributed by atoms with E-state index in [-0.39, 0.29) is 17.4 Å². The molecule has 0 aliphatic heterocycles. The van der Waals surface area contributed by atoms with Crippen molar-refractivity contribution in [3.05, 3.63) is 20.8 Å². The van der Waals surface area contributed by atoms with Crippen molar-refractivity contribution in [2.75, 3.05) is 17.2 Å². The summed E-state index contributed by atoms with van der Waals surface area (Å²) in [5.41, 5.74) is 4.84. The fourth-order valence-corrected chi connectivity index (χ4v) is 2.03.